The van der Waals surface area contributed by atoms with Gasteiger partial charge in [0.1, 0.15) is 11.8 Å². The lowest BCUT2D eigenvalue weighted by molar-refractivity contribution is -0.138. The largest absolute Gasteiger partial charge is 0.497 e. The van der Waals surface area contributed by atoms with E-state index < -0.39 is 6.04 Å². The first-order chi connectivity index (χ1) is 14.9. The van der Waals surface area contributed by atoms with Crippen LogP contribution in [-0.4, -0.2) is 43.0 Å². The van der Waals surface area contributed by atoms with E-state index in [1.807, 2.05) is 55.1 Å². The number of hydrogen-bond donors (Lipinski definition) is 1. The Kier molecular flexibility index (Phi) is 7.97. The normalized spacial score (nSPS) is 15.6. The summed E-state index contributed by atoms with van der Waals surface area (Å²) in [6.07, 6.45) is 2.06. The van der Waals surface area contributed by atoms with Crippen LogP contribution >= 0.6 is 11.6 Å². The van der Waals surface area contributed by atoms with Gasteiger partial charge in [0.15, 0.2) is 0 Å². The molecule has 0 saturated carbocycles. The highest BCUT2D eigenvalue weighted by Crippen LogP contribution is 2.29. The third-order valence-electron chi connectivity index (χ3n) is 5.92. The van der Waals surface area contributed by atoms with E-state index in [0.29, 0.717) is 19.0 Å². The molecule has 3 rings (SSSR count). The first-order valence-electron chi connectivity index (χ1n) is 10.8. The Morgan fingerprint density at radius 2 is 1.68 bits per heavy atom. The van der Waals surface area contributed by atoms with Gasteiger partial charge in [0, 0.05) is 18.1 Å². The minimum absolute atomic E-state index is 0.00707. The van der Waals surface area contributed by atoms with Gasteiger partial charge >= 0.3 is 0 Å². The number of rotatable bonds is 7. The number of likely N-dealkylation sites (tertiary alicyclic amines) is 1. The molecular formula is C25H31ClN2O3. The summed E-state index contributed by atoms with van der Waals surface area (Å²) in [4.78, 5) is 27.7. The van der Waals surface area contributed by atoms with E-state index in [-0.39, 0.29) is 24.2 Å². The molecule has 6 heteroatoms. The van der Waals surface area contributed by atoms with Crippen LogP contribution in [0.1, 0.15) is 43.7 Å². The minimum Gasteiger partial charge on any atom is -0.497 e. The van der Waals surface area contributed by atoms with Crippen LogP contribution in [0.15, 0.2) is 48.5 Å². The Morgan fingerprint density at radius 3 is 2.23 bits per heavy atom. The summed E-state index contributed by atoms with van der Waals surface area (Å²) in [5.74, 6) is 1.06. The average molecular weight is 443 g/mol. The smallest absolute Gasteiger partial charge is 0.245 e. The predicted octanol–water partition coefficient (Wildman–Crippen LogP) is 4.44. The van der Waals surface area contributed by atoms with Gasteiger partial charge < -0.3 is 15.0 Å². The highest BCUT2D eigenvalue weighted by molar-refractivity contribution is 6.30. The second-order valence-corrected chi connectivity index (χ2v) is 8.90. The van der Waals surface area contributed by atoms with Crippen LogP contribution < -0.4 is 10.1 Å². The zero-order valence-corrected chi connectivity index (χ0v) is 19.2. The molecule has 0 bridgehead atoms. The number of halogens is 1. The van der Waals surface area contributed by atoms with Gasteiger partial charge in [-0.25, -0.2) is 0 Å². The number of piperidine rings is 1. The minimum atomic E-state index is -0.516. The molecule has 166 valence electrons. The van der Waals surface area contributed by atoms with Gasteiger partial charge in [-0.05, 0) is 60.1 Å². The van der Waals surface area contributed by atoms with Crippen molar-refractivity contribution >= 4 is 23.4 Å². The fraction of sp³-hybridized carbons (Fsp3) is 0.440. The number of benzene rings is 2. The van der Waals surface area contributed by atoms with Crippen molar-refractivity contribution in [1.82, 2.24) is 10.2 Å². The van der Waals surface area contributed by atoms with Crippen molar-refractivity contribution in [3.05, 3.63) is 64.7 Å². The molecule has 1 N–H and O–H groups in total. The lowest BCUT2D eigenvalue weighted by atomic mass is 9.89. The number of methoxy groups -OCH3 is 1. The third-order valence-corrected chi connectivity index (χ3v) is 6.17. The van der Waals surface area contributed by atoms with E-state index in [1.54, 1.807) is 7.11 Å². The summed E-state index contributed by atoms with van der Waals surface area (Å²) in [6, 6.07) is 14.9. The maximum absolute atomic E-state index is 13.2. The summed E-state index contributed by atoms with van der Waals surface area (Å²) in [5, 5.41) is 3.70. The van der Waals surface area contributed by atoms with Crippen LogP contribution in [0.4, 0.5) is 0 Å². The number of ether oxygens (including phenoxy) is 1. The lowest BCUT2D eigenvalue weighted by Gasteiger charge is -2.35. The molecule has 0 aromatic heterocycles. The highest BCUT2D eigenvalue weighted by atomic mass is 35.5. The molecule has 2 aromatic carbocycles. The summed E-state index contributed by atoms with van der Waals surface area (Å²) in [7, 11) is 1.61. The van der Waals surface area contributed by atoms with Crippen LogP contribution in [0.2, 0.25) is 5.02 Å². The molecule has 1 heterocycles. The van der Waals surface area contributed by atoms with Crippen molar-refractivity contribution in [3.63, 3.8) is 0 Å². The van der Waals surface area contributed by atoms with E-state index in [0.717, 1.165) is 29.2 Å². The van der Waals surface area contributed by atoms with Crippen LogP contribution in [0, 0.1) is 5.92 Å². The standard InChI is InChI=1S/C25H31ClN2O3/c1-17(2)24(27-23(29)16-18-4-10-22(31-3)11-5-18)25(30)28-14-12-20(13-15-28)19-6-8-21(26)9-7-19/h4-11,17,20,24H,12-16H2,1-3H3,(H,27,29)/t24-/m1/s1. The monoisotopic (exact) mass is 442 g/mol. The molecule has 1 saturated heterocycles. The van der Waals surface area contributed by atoms with E-state index >= 15 is 0 Å². The highest BCUT2D eigenvalue weighted by Gasteiger charge is 2.31. The Bertz CT molecular complexity index is 873. The Balaban J connectivity index is 1.56. The van der Waals surface area contributed by atoms with Crippen molar-refractivity contribution in [1.29, 1.82) is 0 Å². The SMILES string of the molecule is COc1ccc(CC(=O)N[C@@H](C(=O)N2CCC(c3ccc(Cl)cc3)CC2)C(C)C)cc1. The van der Waals surface area contributed by atoms with Gasteiger partial charge in [-0.1, -0.05) is 49.7 Å². The van der Waals surface area contributed by atoms with Crippen molar-refractivity contribution in [3.8, 4) is 5.75 Å². The van der Waals surface area contributed by atoms with Gasteiger partial charge in [-0.15, -0.1) is 0 Å². The van der Waals surface area contributed by atoms with Crippen LogP contribution in [0.25, 0.3) is 0 Å². The fourth-order valence-electron chi connectivity index (χ4n) is 4.03. The summed E-state index contributed by atoms with van der Waals surface area (Å²) in [6.45, 7) is 5.33. The molecule has 0 radical (unpaired) electrons. The van der Waals surface area contributed by atoms with E-state index in [9.17, 15) is 9.59 Å². The second-order valence-electron chi connectivity index (χ2n) is 8.47. The Morgan fingerprint density at radius 1 is 1.06 bits per heavy atom. The van der Waals surface area contributed by atoms with Gasteiger partial charge in [0.25, 0.3) is 0 Å². The predicted molar refractivity (Wildman–Crippen MR) is 123 cm³/mol. The number of carbonyl (C=O) groups is 2. The van der Waals surface area contributed by atoms with Crippen LogP contribution in [0.3, 0.4) is 0 Å². The molecule has 1 fully saturated rings. The average Bonchev–Trinajstić information content (AvgIpc) is 2.78. The molecule has 2 aromatic rings. The fourth-order valence-corrected chi connectivity index (χ4v) is 4.16. The van der Waals surface area contributed by atoms with Crippen LogP contribution in [-0.2, 0) is 16.0 Å². The van der Waals surface area contributed by atoms with Crippen LogP contribution in [0.5, 0.6) is 5.75 Å². The zero-order chi connectivity index (χ0) is 22.4. The number of hydrogen-bond acceptors (Lipinski definition) is 3. The molecule has 2 amide bonds. The first kappa shape index (κ1) is 23.1. The van der Waals surface area contributed by atoms with Crippen molar-refractivity contribution < 1.29 is 14.3 Å². The van der Waals surface area contributed by atoms with Crippen molar-refractivity contribution in [2.75, 3.05) is 20.2 Å². The molecule has 5 nitrogen and oxygen atoms in total. The number of nitrogens with one attached hydrogen (secondary N) is 1. The van der Waals surface area contributed by atoms with E-state index in [2.05, 4.69) is 17.4 Å². The summed E-state index contributed by atoms with van der Waals surface area (Å²) < 4.78 is 5.15. The molecule has 1 aliphatic rings. The maximum atomic E-state index is 13.2. The molecule has 0 aliphatic carbocycles. The summed E-state index contributed by atoms with van der Waals surface area (Å²) >= 11 is 5.99. The van der Waals surface area contributed by atoms with Crippen molar-refractivity contribution in [2.24, 2.45) is 5.92 Å². The summed E-state index contributed by atoms with van der Waals surface area (Å²) in [5.41, 5.74) is 2.15. The molecule has 1 aliphatic heterocycles. The molecule has 31 heavy (non-hydrogen) atoms. The number of amides is 2. The molecular weight excluding hydrogens is 412 g/mol. The third kappa shape index (κ3) is 6.23. The first-order valence-corrected chi connectivity index (χ1v) is 11.2. The lowest BCUT2D eigenvalue weighted by Crippen LogP contribution is -2.53. The van der Waals surface area contributed by atoms with Crippen molar-refractivity contribution in [2.45, 2.75) is 45.1 Å². The Labute approximate surface area is 189 Å². The molecule has 1 atom stereocenters. The second kappa shape index (κ2) is 10.7. The number of nitrogens with zero attached hydrogens (tertiary/aromatic N) is 1. The van der Waals surface area contributed by atoms with Gasteiger partial charge in [-0.2, -0.15) is 0 Å². The van der Waals surface area contributed by atoms with E-state index in [4.69, 9.17) is 16.3 Å². The van der Waals surface area contributed by atoms with Gasteiger partial charge in [0.2, 0.25) is 11.8 Å². The van der Waals surface area contributed by atoms with Gasteiger partial charge in [0.05, 0.1) is 13.5 Å². The Hall–Kier alpha value is -2.53. The quantitative estimate of drug-likeness (QED) is 0.689. The zero-order valence-electron chi connectivity index (χ0n) is 18.4. The molecule has 0 spiro atoms. The van der Waals surface area contributed by atoms with Gasteiger partial charge in [-0.3, -0.25) is 9.59 Å². The maximum Gasteiger partial charge on any atom is 0.245 e. The molecule has 0 unspecified atom stereocenters. The van der Waals surface area contributed by atoms with E-state index in [1.165, 1.54) is 5.56 Å². The topological polar surface area (TPSA) is 58.6 Å². The number of carbonyl (C=O) groups excluding carboxylic acids is 2.